The number of carbonyl (C=O) groups excluding carboxylic acids is 2. The number of carbonyl (C=O) groups is 2. The van der Waals surface area contributed by atoms with Gasteiger partial charge in [-0.25, -0.2) is 4.79 Å². The van der Waals surface area contributed by atoms with E-state index < -0.39 is 18.8 Å². The SMILES string of the molecule is Cc1cc(C(=O)COC(=O)c2ccc(COCC(F)(F)F)cc2)c(C)n1C1CC1. The molecule has 1 fully saturated rings. The first kappa shape index (κ1) is 21.1. The lowest BCUT2D eigenvalue weighted by Gasteiger charge is -2.09. The van der Waals surface area contributed by atoms with E-state index in [0.717, 1.165) is 24.2 Å². The lowest BCUT2D eigenvalue weighted by Crippen LogP contribution is -2.17. The van der Waals surface area contributed by atoms with Crippen LogP contribution in [-0.2, 0) is 16.1 Å². The third kappa shape index (κ3) is 5.47. The van der Waals surface area contributed by atoms with Gasteiger partial charge < -0.3 is 14.0 Å². The maximum Gasteiger partial charge on any atom is 0.411 e. The van der Waals surface area contributed by atoms with Gasteiger partial charge in [-0.05, 0) is 50.5 Å². The Morgan fingerprint density at radius 3 is 2.38 bits per heavy atom. The third-order valence-electron chi connectivity index (χ3n) is 4.76. The first-order valence-electron chi connectivity index (χ1n) is 9.28. The van der Waals surface area contributed by atoms with Crippen molar-refractivity contribution in [3.8, 4) is 0 Å². The average Bonchev–Trinajstić information content (AvgIpc) is 3.43. The summed E-state index contributed by atoms with van der Waals surface area (Å²) in [6.07, 6.45) is -2.17. The fourth-order valence-corrected chi connectivity index (χ4v) is 3.27. The van der Waals surface area contributed by atoms with Crippen LogP contribution in [0.2, 0.25) is 0 Å². The number of esters is 1. The summed E-state index contributed by atoms with van der Waals surface area (Å²) in [6, 6.07) is 8.10. The Hall–Kier alpha value is -2.61. The lowest BCUT2D eigenvalue weighted by molar-refractivity contribution is -0.176. The number of aromatic nitrogens is 1. The highest BCUT2D eigenvalue weighted by molar-refractivity contribution is 6.00. The topological polar surface area (TPSA) is 57.5 Å². The van der Waals surface area contributed by atoms with Crippen LogP contribution in [0.3, 0.4) is 0 Å². The Kier molecular flexibility index (Phi) is 6.12. The molecular formula is C21H22F3NO4. The Labute approximate surface area is 166 Å². The van der Waals surface area contributed by atoms with Crippen molar-refractivity contribution >= 4 is 11.8 Å². The number of benzene rings is 1. The van der Waals surface area contributed by atoms with Crippen molar-refractivity contribution in [3.63, 3.8) is 0 Å². The van der Waals surface area contributed by atoms with E-state index >= 15 is 0 Å². The van der Waals surface area contributed by atoms with E-state index in [4.69, 9.17) is 4.74 Å². The highest BCUT2D eigenvalue weighted by atomic mass is 19.4. The molecule has 1 aliphatic carbocycles. The second-order valence-corrected chi connectivity index (χ2v) is 7.19. The number of nitrogens with zero attached hydrogens (tertiary/aromatic N) is 1. The van der Waals surface area contributed by atoms with Crippen molar-refractivity contribution in [2.45, 2.75) is 45.5 Å². The molecule has 1 saturated carbocycles. The highest BCUT2D eigenvalue weighted by Crippen LogP contribution is 2.38. The molecular weight excluding hydrogens is 387 g/mol. The summed E-state index contributed by atoms with van der Waals surface area (Å²) >= 11 is 0. The number of Topliss-reactive ketones (excluding diaryl/α,β-unsaturated/α-hetero) is 1. The van der Waals surface area contributed by atoms with E-state index in [1.54, 1.807) is 0 Å². The molecule has 3 rings (SSSR count). The van der Waals surface area contributed by atoms with Crippen molar-refractivity contribution in [2.24, 2.45) is 0 Å². The van der Waals surface area contributed by atoms with Crippen LogP contribution in [0.1, 0.15) is 56.6 Å². The third-order valence-corrected chi connectivity index (χ3v) is 4.76. The first-order valence-corrected chi connectivity index (χ1v) is 9.28. The molecule has 0 atom stereocenters. The molecule has 0 amide bonds. The maximum atomic E-state index is 12.5. The molecule has 5 nitrogen and oxygen atoms in total. The van der Waals surface area contributed by atoms with Gasteiger partial charge in [0, 0.05) is 23.0 Å². The minimum atomic E-state index is -4.38. The quantitative estimate of drug-likeness (QED) is 0.474. The van der Waals surface area contributed by atoms with Gasteiger partial charge in [0.25, 0.3) is 0 Å². The number of aryl methyl sites for hydroxylation is 1. The largest absolute Gasteiger partial charge is 0.454 e. The molecule has 1 aromatic carbocycles. The summed E-state index contributed by atoms with van der Waals surface area (Å²) in [6.45, 7) is 1.92. The van der Waals surface area contributed by atoms with Gasteiger partial charge in [0.1, 0.15) is 6.61 Å². The van der Waals surface area contributed by atoms with E-state index in [1.807, 2.05) is 19.9 Å². The van der Waals surface area contributed by atoms with Crippen LogP contribution in [0, 0.1) is 13.8 Å². The minimum absolute atomic E-state index is 0.209. The fourth-order valence-electron chi connectivity index (χ4n) is 3.27. The Morgan fingerprint density at radius 2 is 1.79 bits per heavy atom. The van der Waals surface area contributed by atoms with Gasteiger partial charge in [-0.2, -0.15) is 13.2 Å². The van der Waals surface area contributed by atoms with Gasteiger partial charge in [-0.15, -0.1) is 0 Å². The Balaban J connectivity index is 1.53. The predicted molar refractivity (Wildman–Crippen MR) is 98.9 cm³/mol. The number of alkyl halides is 3. The molecule has 1 aliphatic rings. The zero-order valence-electron chi connectivity index (χ0n) is 16.2. The standard InChI is InChI=1S/C21H22F3NO4/c1-13-9-18(14(2)25(13)17-7-8-17)19(26)11-29-20(27)16-5-3-15(4-6-16)10-28-12-21(22,23)24/h3-6,9,17H,7-8,10-12H2,1-2H3. The second kappa shape index (κ2) is 8.41. The molecule has 0 saturated heterocycles. The van der Waals surface area contributed by atoms with Crippen molar-refractivity contribution in [3.05, 3.63) is 58.4 Å². The molecule has 0 aliphatic heterocycles. The minimum Gasteiger partial charge on any atom is -0.454 e. The predicted octanol–water partition coefficient (Wildman–Crippen LogP) is 4.56. The van der Waals surface area contributed by atoms with Crippen molar-refractivity contribution in [1.82, 2.24) is 4.57 Å². The molecule has 156 valence electrons. The monoisotopic (exact) mass is 409 g/mol. The number of ketones is 1. The molecule has 0 N–H and O–H groups in total. The summed E-state index contributed by atoms with van der Waals surface area (Å²) in [5.74, 6) is -0.937. The lowest BCUT2D eigenvalue weighted by atomic mass is 10.1. The van der Waals surface area contributed by atoms with Gasteiger partial charge in [0.15, 0.2) is 6.61 Å². The molecule has 8 heteroatoms. The number of hydrogen-bond donors (Lipinski definition) is 0. The normalized spacial score (nSPS) is 14.1. The van der Waals surface area contributed by atoms with Crippen LogP contribution in [0.25, 0.3) is 0 Å². The Morgan fingerprint density at radius 1 is 1.14 bits per heavy atom. The molecule has 2 aromatic rings. The zero-order chi connectivity index (χ0) is 21.2. The van der Waals surface area contributed by atoms with E-state index in [1.165, 1.54) is 24.3 Å². The fraction of sp³-hybridized carbons (Fsp3) is 0.429. The smallest absolute Gasteiger partial charge is 0.411 e. The van der Waals surface area contributed by atoms with Crippen molar-refractivity contribution in [2.75, 3.05) is 13.2 Å². The molecule has 0 spiro atoms. The summed E-state index contributed by atoms with van der Waals surface area (Å²) in [5.41, 5.74) is 3.16. The molecule has 1 heterocycles. The van der Waals surface area contributed by atoms with E-state index in [-0.39, 0.29) is 24.6 Å². The second-order valence-electron chi connectivity index (χ2n) is 7.19. The van der Waals surface area contributed by atoms with Crippen LogP contribution in [0.5, 0.6) is 0 Å². The van der Waals surface area contributed by atoms with Gasteiger partial charge >= 0.3 is 12.1 Å². The van der Waals surface area contributed by atoms with Gasteiger partial charge in [-0.3, -0.25) is 4.79 Å². The number of halogens is 3. The van der Waals surface area contributed by atoms with Crippen LogP contribution in [0.15, 0.2) is 30.3 Å². The Bertz CT molecular complexity index is 896. The van der Waals surface area contributed by atoms with Crippen LogP contribution >= 0.6 is 0 Å². The molecule has 29 heavy (non-hydrogen) atoms. The van der Waals surface area contributed by atoms with Crippen LogP contribution in [0.4, 0.5) is 13.2 Å². The van der Waals surface area contributed by atoms with Gasteiger partial charge in [0.2, 0.25) is 5.78 Å². The van der Waals surface area contributed by atoms with Crippen molar-refractivity contribution < 1.29 is 32.2 Å². The first-order chi connectivity index (χ1) is 13.7. The summed E-state index contributed by atoms with van der Waals surface area (Å²) in [7, 11) is 0. The highest BCUT2D eigenvalue weighted by Gasteiger charge is 2.29. The number of hydrogen-bond acceptors (Lipinski definition) is 4. The molecule has 0 bridgehead atoms. The molecule has 1 aromatic heterocycles. The molecule has 0 radical (unpaired) electrons. The van der Waals surface area contributed by atoms with Gasteiger partial charge in [-0.1, -0.05) is 12.1 Å². The van der Waals surface area contributed by atoms with Gasteiger partial charge in [0.05, 0.1) is 12.2 Å². The summed E-state index contributed by atoms with van der Waals surface area (Å²) < 4.78 is 48.1. The maximum absolute atomic E-state index is 12.5. The summed E-state index contributed by atoms with van der Waals surface area (Å²) in [4.78, 5) is 24.6. The van der Waals surface area contributed by atoms with E-state index in [2.05, 4.69) is 9.30 Å². The van der Waals surface area contributed by atoms with E-state index in [9.17, 15) is 22.8 Å². The average molecular weight is 409 g/mol. The van der Waals surface area contributed by atoms with E-state index in [0.29, 0.717) is 17.2 Å². The summed E-state index contributed by atoms with van der Waals surface area (Å²) in [5, 5.41) is 0. The molecule has 0 unspecified atom stereocenters. The number of rotatable bonds is 8. The zero-order valence-corrected chi connectivity index (χ0v) is 16.2. The van der Waals surface area contributed by atoms with Crippen molar-refractivity contribution in [1.29, 1.82) is 0 Å². The van der Waals surface area contributed by atoms with Crippen LogP contribution in [-0.4, -0.2) is 35.7 Å². The number of ether oxygens (including phenoxy) is 2. The van der Waals surface area contributed by atoms with Crippen LogP contribution < -0.4 is 0 Å².